The monoisotopic (exact) mass is 410 g/mol. The minimum Gasteiger partial charge on any atom is -0.463 e. The fourth-order valence-corrected chi connectivity index (χ4v) is 4.81. The topological polar surface area (TPSA) is 73.0 Å². The fourth-order valence-electron chi connectivity index (χ4n) is 3.48. The van der Waals surface area contributed by atoms with Crippen LogP contribution in [0.4, 0.5) is 5.13 Å². The second-order valence-electron chi connectivity index (χ2n) is 6.49. The highest BCUT2D eigenvalue weighted by atomic mass is 35.5. The number of hydrogen-bond acceptors (Lipinski definition) is 5. The normalized spacial score (nSPS) is 12.5. The lowest BCUT2D eigenvalue weighted by Crippen LogP contribution is -2.07. The lowest BCUT2D eigenvalue weighted by molar-refractivity contribution is -0.114. The van der Waals surface area contributed by atoms with E-state index < -0.39 is 0 Å². The number of aromatic nitrogens is 3. The summed E-state index contributed by atoms with van der Waals surface area (Å²) in [4.78, 5) is 17.1. The molecule has 0 fully saturated rings. The number of anilines is 1. The van der Waals surface area contributed by atoms with E-state index in [-0.39, 0.29) is 5.91 Å². The Morgan fingerprint density at radius 1 is 1.25 bits per heavy atom. The van der Waals surface area contributed by atoms with Crippen molar-refractivity contribution in [2.75, 3.05) is 5.32 Å². The van der Waals surface area contributed by atoms with E-state index in [2.05, 4.69) is 10.3 Å². The third kappa shape index (κ3) is 2.75. The maximum Gasteiger partial charge on any atom is 0.223 e. The largest absolute Gasteiger partial charge is 0.463 e. The molecule has 0 unspecified atom stereocenters. The molecular weight excluding hydrogens is 396 g/mol. The van der Waals surface area contributed by atoms with Crippen molar-refractivity contribution in [3.8, 4) is 27.7 Å². The summed E-state index contributed by atoms with van der Waals surface area (Å²) in [6, 6.07) is 11.4. The number of amides is 1. The second-order valence-corrected chi connectivity index (χ2v) is 7.90. The number of nitrogens with one attached hydrogen (secondary N) is 1. The summed E-state index contributed by atoms with van der Waals surface area (Å²) in [7, 11) is 0. The second kappa shape index (κ2) is 6.61. The zero-order valence-corrected chi connectivity index (χ0v) is 16.5. The molecule has 5 rings (SSSR count). The minimum atomic E-state index is -0.137. The molecule has 3 aromatic heterocycles. The number of carbonyl (C=O) groups excluding carboxylic acids is 1. The van der Waals surface area contributed by atoms with E-state index in [0.29, 0.717) is 10.2 Å². The van der Waals surface area contributed by atoms with Gasteiger partial charge in [-0.3, -0.25) is 4.79 Å². The van der Waals surface area contributed by atoms with Crippen LogP contribution in [0.25, 0.3) is 27.7 Å². The fraction of sp³-hybridized carbons (Fsp3) is 0.150. The number of furan rings is 1. The summed E-state index contributed by atoms with van der Waals surface area (Å²) in [6.45, 7) is 1.48. The highest BCUT2D eigenvalue weighted by Gasteiger charge is 2.31. The van der Waals surface area contributed by atoms with Gasteiger partial charge in [-0.15, -0.1) is 0 Å². The van der Waals surface area contributed by atoms with E-state index in [9.17, 15) is 4.79 Å². The Kier molecular flexibility index (Phi) is 4.07. The van der Waals surface area contributed by atoms with Gasteiger partial charge in [0.15, 0.2) is 10.9 Å². The summed E-state index contributed by atoms with van der Waals surface area (Å²) >= 11 is 7.94. The molecule has 1 aliphatic carbocycles. The number of fused-ring (bicyclic) bond motifs is 3. The van der Waals surface area contributed by atoms with Gasteiger partial charge in [0.2, 0.25) is 5.91 Å². The summed E-state index contributed by atoms with van der Waals surface area (Å²) in [6.07, 6.45) is 3.21. The first kappa shape index (κ1) is 17.2. The molecule has 140 valence electrons. The molecule has 1 aliphatic rings. The number of carbonyl (C=O) groups is 1. The first-order chi connectivity index (χ1) is 13.6. The minimum absolute atomic E-state index is 0.137. The lowest BCUT2D eigenvalue weighted by Gasteiger charge is -2.14. The van der Waals surface area contributed by atoms with Crippen molar-refractivity contribution in [1.82, 2.24) is 14.8 Å². The number of aryl methyl sites for hydroxylation is 1. The molecular formula is C20H15ClN4O2S. The molecule has 28 heavy (non-hydrogen) atoms. The Hall–Kier alpha value is -2.90. The molecule has 1 aromatic carbocycles. The van der Waals surface area contributed by atoms with Crippen LogP contribution < -0.4 is 5.32 Å². The molecule has 4 aromatic rings. The van der Waals surface area contributed by atoms with Crippen molar-refractivity contribution in [2.45, 2.75) is 19.8 Å². The van der Waals surface area contributed by atoms with Crippen LogP contribution in [0, 0.1) is 0 Å². The Labute approximate surface area is 169 Å². The van der Waals surface area contributed by atoms with Crippen molar-refractivity contribution in [1.29, 1.82) is 0 Å². The molecule has 0 spiro atoms. The van der Waals surface area contributed by atoms with Crippen molar-refractivity contribution < 1.29 is 9.21 Å². The van der Waals surface area contributed by atoms with Crippen LogP contribution in [0.1, 0.15) is 18.2 Å². The van der Waals surface area contributed by atoms with Crippen LogP contribution in [-0.4, -0.2) is 20.7 Å². The van der Waals surface area contributed by atoms with Gasteiger partial charge in [-0.25, -0.2) is 9.67 Å². The average Bonchev–Trinajstić information content (AvgIpc) is 3.38. The van der Waals surface area contributed by atoms with Crippen LogP contribution in [0.2, 0.25) is 5.02 Å². The van der Waals surface area contributed by atoms with Gasteiger partial charge in [-0.1, -0.05) is 35.1 Å². The third-order valence-electron chi connectivity index (χ3n) is 4.63. The molecule has 0 atom stereocenters. The maximum atomic E-state index is 11.5. The number of benzene rings is 1. The van der Waals surface area contributed by atoms with Crippen LogP contribution in [0.3, 0.4) is 0 Å². The number of halogens is 1. The Balaban J connectivity index is 1.77. The van der Waals surface area contributed by atoms with Gasteiger partial charge >= 0.3 is 0 Å². The van der Waals surface area contributed by atoms with E-state index in [0.717, 1.165) is 51.8 Å². The van der Waals surface area contributed by atoms with Crippen molar-refractivity contribution in [2.24, 2.45) is 0 Å². The number of hydrogen-bond donors (Lipinski definition) is 1. The summed E-state index contributed by atoms with van der Waals surface area (Å²) < 4.78 is 7.50. The zero-order valence-electron chi connectivity index (χ0n) is 14.9. The molecule has 6 nitrogen and oxygen atoms in total. The van der Waals surface area contributed by atoms with Gasteiger partial charge in [-0.2, -0.15) is 5.10 Å². The van der Waals surface area contributed by atoms with Crippen molar-refractivity contribution in [3.05, 3.63) is 58.9 Å². The Morgan fingerprint density at radius 2 is 2.11 bits per heavy atom. The van der Waals surface area contributed by atoms with Crippen molar-refractivity contribution >= 4 is 34.0 Å². The first-order valence-electron chi connectivity index (χ1n) is 8.80. The van der Waals surface area contributed by atoms with Gasteiger partial charge in [0.1, 0.15) is 5.69 Å². The number of nitrogens with zero attached hydrogens (tertiary/aromatic N) is 3. The van der Waals surface area contributed by atoms with Gasteiger partial charge in [0.05, 0.1) is 33.2 Å². The number of para-hydroxylation sites is 1. The highest BCUT2D eigenvalue weighted by molar-refractivity contribution is 7.19. The molecule has 3 heterocycles. The maximum absolute atomic E-state index is 11.5. The number of rotatable bonds is 3. The molecule has 0 saturated heterocycles. The molecule has 1 amide bonds. The van der Waals surface area contributed by atoms with Crippen molar-refractivity contribution in [3.63, 3.8) is 0 Å². The van der Waals surface area contributed by atoms with E-state index in [1.165, 1.54) is 18.3 Å². The van der Waals surface area contributed by atoms with Gasteiger partial charge in [-0.05, 0) is 37.1 Å². The highest BCUT2D eigenvalue weighted by Crippen LogP contribution is 2.44. The molecule has 0 saturated carbocycles. The van der Waals surface area contributed by atoms with Crippen LogP contribution in [0.5, 0.6) is 0 Å². The average molecular weight is 411 g/mol. The molecule has 1 N–H and O–H groups in total. The van der Waals surface area contributed by atoms with E-state index in [4.69, 9.17) is 21.1 Å². The van der Waals surface area contributed by atoms with E-state index in [1.807, 2.05) is 41.1 Å². The summed E-state index contributed by atoms with van der Waals surface area (Å²) in [5.41, 5.74) is 4.61. The first-order valence-corrected chi connectivity index (χ1v) is 9.99. The Bertz CT molecular complexity index is 1190. The molecule has 8 heteroatoms. The predicted octanol–water partition coefficient (Wildman–Crippen LogP) is 4.97. The van der Waals surface area contributed by atoms with Crippen LogP contribution >= 0.6 is 22.9 Å². The Morgan fingerprint density at radius 3 is 2.86 bits per heavy atom. The smallest absolute Gasteiger partial charge is 0.223 e. The van der Waals surface area contributed by atoms with Gasteiger partial charge in [0.25, 0.3) is 0 Å². The van der Waals surface area contributed by atoms with Crippen LogP contribution in [-0.2, 0) is 17.6 Å². The molecule has 0 radical (unpaired) electrons. The summed E-state index contributed by atoms with van der Waals surface area (Å²) in [5.74, 6) is 0.583. The number of thiazole rings is 1. The predicted molar refractivity (Wildman–Crippen MR) is 109 cm³/mol. The summed E-state index contributed by atoms with van der Waals surface area (Å²) in [5, 5.41) is 8.86. The molecule has 0 aliphatic heterocycles. The standard InChI is InChI=1S/C20H15ClN4O2S/c1-11(26)22-20-23-14-9-8-12-17(16-7-4-10-27-16)24-25(18(12)19(14)28-20)15-6-3-2-5-13(15)21/h2-7,10H,8-9H2,1H3,(H,22,23,26). The van der Waals surface area contributed by atoms with E-state index >= 15 is 0 Å². The van der Waals surface area contributed by atoms with E-state index in [1.54, 1.807) is 6.26 Å². The molecule has 0 bridgehead atoms. The lowest BCUT2D eigenvalue weighted by atomic mass is 9.97. The zero-order chi connectivity index (χ0) is 19.3. The third-order valence-corrected chi connectivity index (χ3v) is 5.97. The van der Waals surface area contributed by atoms with Gasteiger partial charge < -0.3 is 9.73 Å². The SMILES string of the molecule is CC(=O)Nc1nc2c(s1)-c1c(c(-c3ccco3)nn1-c1ccccc1Cl)CC2. The van der Waals surface area contributed by atoms with Gasteiger partial charge in [0, 0.05) is 12.5 Å². The quantitative estimate of drug-likeness (QED) is 0.517. The van der Waals surface area contributed by atoms with Crippen LogP contribution in [0.15, 0.2) is 47.1 Å².